The number of rotatable bonds is 8. The van der Waals surface area contributed by atoms with Crippen molar-refractivity contribution in [2.75, 3.05) is 18.5 Å². The molecule has 0 atom stereocenters. The van der Waals surface area contributed by atoms with Crippen LogP contribution in [0.5, 0.6) is 0 Å². The largest absolute Gasteiger partial charge is 0.481 e. The topological polar surface area (TPSA) is 144 Å². The predicted octanol–water partition coefficient (Wildman–Crippen LogP) is 3.66. The molecule has 0 radical (unpaired) electrons. The summed E-state index contributed by atoms with van der Waals surface area (Å²) in [6.07, 6.45) is 0.863. The highest BCUT2D eigenvalue weighted by atomic mass is 16.6. The minimum atomic E-state index is -0.810. The van der Waals surface area contributed by atoms with Crippen molar-refractivity contribution in [3.63, 3.8) is 0 Å². The molecule has 2 aromatic carbocycles. The first-order chi connectivity index (χ1) is 17.0. The van der Waals surface area contributed by atoms with E-state index in [0.717, 1.165) is 35.1 Å². The maximum atomic E-state index is 12.5. The van der Waals surface area contributed by atoms with E-state index >= 15 is 0 Å². The van der Waals surface area contributed by atoms with Gasteiger partial charge in [0.15, 0.2) is 0 Å². The Hall–Kier alpha value is -4.21. The Bertz CT molecular complexity index is 1220. The van der Waals surface area contributed by atoms with Gasteiger partial charge in [0.1, 0.15) is 6.61 Å². The first-order valence-electron chi connectivity index (χ1n) is 11.4. The number of carbonyl (C=O) groups is 3. The van der Waals surface area contributed by atoms with Crippen LogP contribution in [0, 0.1) is 11.8 Å². The molecule has 2 aliphatic carbocycles. The van der Waals surface area contributed by atoms with E-state index < -0.39 is 18.0 Å². The van der Waals surface area contributed by atoms with Crippen molar-refractivity contribution in [2.45, 2.75) is 25.2 Å². The predicted molar refractivity (Wildman–Crippen MR) is 124 cm³/mol. The number of hydrogen-bond donors (Lipinski definition) is 3. The zero-order valence-corrected chi connectivity index (χ0v) is 18.8. The van der Waals surface area contributed by atoms with Gasteiger partial charge in [0, 0.05) is 18.9 Å². The first kappa shape index (κ1) is 22.6. The molecular formula is C25H24N4O6. The molecule has 0 spiro atoms. The third-order valence-corrected chi connectivity index (χ3v) is 6.62. The maximum absolute atomic E-state index is 12.5. The molecule has 10 heteroatoms. The normalized spacial score (nSPS) is 18.2. The highest BCUT2D eigenvalue weighted by molar-refractivity contribution is 5.99. The van der Waals surface area contributed by atoms with E-state index in [1.165, 1.54) is 0 Å². The quantitative estimate of drug-likeness (QED) is 0.447. The van der Waals surface area contributed by atoms with Crippen molar-refractivity contribution in [2.24, 2.45) is 11.8 Å². The number of hydrogen-bond acceptors (Lipinski definition) is 7. The summed E-state index contributed by atoms with van der Waals surface area (Å²) in [7, 11) is 0. The molecule has 2 aliphatic rings. The lowest BCUT2D eigenvalue weighted by Gasteiger charge is -2.34. The third-order valence-electron chi connectivity index (χ3n) is 6.62. The van der Waals surface area contributed by atoms with Crippen LogP contribution in [-0.2, 0) is 9.53 Å². The second-order valence-corrected chi connectivity index (χ2v) is 8.92. The number of anilines is 1. The molecule has 1 saturated carbocycles. The van der Waals surface area contributed by atoms with Crippen LogP contribution >= 0.6 is 0 Å². The van der Waals surface area contributed by atoms with Crippen LogP contribution in [0.15, 0.2) is 53.2 Å². The van der Waals surface area contributed by atoms with E-state index in [-0.39, 0.29) is 42.3 Å². The summed E-state index contributed by atoms with van der Waals surface area (Å²) in [6, 6.07) is 16.0. The Labute approximate surface area is 200 Å². The fraction of sp³-hybridized carbons (Fsp3) is 0.320. The molecule has 1 aromatic heterocycles. The van der Waals surface area contributed by atoms with Crippen molar-refractivity contribution in [1.82, 2.24) is 15.6 Å². The van der Waals surface area contributed by atoms with Gasteiger partial charge in [-0.3, -0.25) is 14.9 Å². The van der Waals surface area contributed by atoms with Gasteiger partial charge in [0.2, 0.25) is 11.5 Å². The summed E-state index contributed by atoms with van der Waals surface area (Å²) in [5, 5.41) is 21.2. The SMILES string of the molecule is O=C(O)CC1CC(CNC(=O)c2nonc2NC(=O)OCC2c3ccccc3-c3ccccc32)C1. The zero-order valence-electron chi connectivity index (χ0n) is 18.8. The molecule has 2 amide bonds. The number of carboxylic acid groups (broad SMARTS) is 1. The number of nitrogens with one attached hydrogen (secondary N) is 2. The fourth-order valence-corrected chi connectivity index (χ4v) is 4.93. The summed E-state index contributed by atoms with van der Waals surface area (Å²) >= 11 is 0. The highest BCUT2D eigenvalue weighted by Crippen LogP contribution is 2.44. The average Bonchev–Trinajstić information content (AvgIpc) is 3.41. The summed E-state index contributed by atoms with van der Waals surface area (Å²) in [5.74, 6) is -1.22. The molecule has 10 nitrogen and oxygen atoms in total. The standard InChI is InChI=1S/C25H24N4O6/c30-21(31)11-14-9-15(10-14)12-26-24(32)22-23(29-35-28-22)27-25(33)34-13-20-18-7-3-1-5-16(18)17-6-2-4-8-19(17)20/h1-8,14-15,20H,9-13H2,(H,26,32)(H,30,31)(H,27,29,33). The van der Waals surface area contributed by atoms with Crippen LogP contribution in [0.1, 0.15) is 46.8 Å². The number of aliphatic carboxylic acids is 1. The molecular weight excluding hydrogens is 452 g/mol. The van der Waals surface area contributed by atoms with Gasteiger partial charge in [-0.05, 0) is 57.2 Å². The van der Waals surface area contributed by atoms with E-state index in [0.29, 0.717) is 6.54 Å². The molecule has 1 fully saturated rings. The van der Waals surface area contributed by atoms with Crippen LogP contribution < -0.4 is 10.6 Å². The van der Waals surface area contributed by atoms with Crippen LogP contribution in [0.3, 0.4) is 0 Å². The lowest BCUT2D eigenvalue weighted by Crippen LogP contribution is -2.37. The van der Waals surface area contributed by atoms with Gasteiger partial charge in [-0.15, -0.1) is 0 Å². The number of carboxylic acids is 1. The minimum Gasteiger partial charge on any atom is -0.481 e. The van der Waals surface area contributed by atoms with E-state index in [9.17, 15) is 14.4 Å². The molecule has 1 heterocycles. The van der Waals surface area contributed by atoms with Crippen molar-refractivity contribution >= 4 is 23.8 Å². The fourth-order valence-electron chi connectivity index (χ4n) is 4.93. The van der Waals surface area contributed by atoms with Gasteiger partial charge < -0.3 is 15.2 Å². The summed E-state index contributed by atoms with van der Waals surface area (Å²) in [4.78, 5) is 35.7. The number of amides is 2. The van der Waals surface area contributed by atoms with Crippen molar-refractivity contribution in [3.8, 4) is 11.1 Å². The van der Waals surface area contributed by atoms with Crippen LogP contribution in [0.4, 0.5) is 10.6 Å². The van der Waals surface area contributed by atoms with Crippen LogP contribution in [0.2, 0.25) is 0 Å². The Balaban J connectivity index is 1.15. The monoisotopic (exact) mass is 476 g/mol. The Morgan fingerprint density at radius 3 is 2.29 bits per heavy atom. The Kier molecular flexibility index (Phi) is 6.17. The van der Waals surface area contributed by atoms with E-state index in [1.54, 1.807) is 0 Å². The number of carbonyl (C=O) groups excluding carboxylic acids is 2. The summed E-state index contributed by atoms with van der Waals surface area (Å²) in [6.45, 7) is 0.498. The van der Waals surface area contributed by atoms with Gasteiger partial charge in [0.25, 0.3) is 5.91 Å². The van der Waals surface area contributed by atoms with Gasteiger partial charge in [-0.1, -0.05) is 48.5 Å². The smallest absolute Gasteiger partial charge is 0.412 e. The molecule has 5 rings (SSSR count). The Morgan fingerprint density at radius 2 is 1.63 bits per heavy atom. The van der Waals surface area contributed by atoms with Gasteiger partial charge in [-0.2, -0.15) is 0 Å². The number of benzene rings is 2. The molecule has 3 N–H and O–H groups in total. The van der Waals surface area contributed by atoms with Crippen LogP contribution in [-0.4, -0.2) is 46.5 Å². The lowest BCUT2D eigenvalue weighted by atomic mass is 9.73. The zero-order chi connectivity index (χ0) is 24.4. The molecule has 35 heavy (non-hydrogen) atoms. The molecule has 0 bridgehead atoms. The second-order valence-electron chi connectivity index (χ2n) is 8.92. The lowest BCUT2D eigenvalue weighted by molar-refractivity contribution is -0.139. The van der Waals surface area contributed by atoms with Crippen molar-refractivity contribution in [1.29, 1.82) is 0 Å². The average molecular weight is 476 g/mol. The van der Waals surface area contributed by atoms with Gasteiger partial charge in [0.05, 0.1) is 0 Å². The van der Waals surface area contributed by atoms with E-state index in [4.69, 9.17) is 9.84 Å². The molecule has 0 aliphatic heterocycles. The number of aromatic nitrogens is 2. The first-order valence-corrected chi connectivity index (χ1v) is 11.4. The summed E-state index contributed by atoms with van der Waals surface area (Å²) in [5.41, 5.74) is 4.27. The number of fused-ring (bicyclic) bond motifs is 3. The minimum absolute atomic E-state index is 0.0983. The number of ether oxygens (including phenoxy) is 1. The molecule has 0 saturated heterocycles. The third kappa shape index (κ3) is 4.72. The Morgan fingerprint density at radius 1 is 0.971 bits per heavy atom. The highest BCUT2D eigenvalue weighted by Gasteiger charge is 2.32. The van der Waals surface area contributed by atoms with Gasteiger partial charge in [-0.25, -0.2) is 9.42 Å². The molecule has 0 unspecified atom stereocenters. The second kappa shape index (κ2) is 9.57. The van der Waals surface area contributed by atoms with Crippen molar-refractivity contribution < 1.29 is 28.9 Å². The molecule has 3 aromatic rings. The maximum Gasteiger partial charge on any atom is 0.412 e. The van der Waals surface area contributed by atoms with E-state index in [1.807, 2.05) is 36.4 Å². The number of nitrogens with zero attached hydrogens (tertiary/aromatic N) is 2. The summed E-state index contributed by atoms with van der Waals surface area (Å²) < 4.78 is 10.1. The molecule has 180 valence electrons. The van der Waals surface area contributed by atoms with Crippen LogP contribution in [0.25, 0.3) is 11.1 Å². The van der Waals surface area contributed by atoms with E-state index in [2.05, 4.69) is 37.7 Å². The van der Waals surface area contributed by atoms with Crippen molar-refractivity contribution in [3.05, 3.63) is 65.4 Å². The van der Waals surface area contributed by atoms with Gasteiger partial charge >= 0.3 is 12.1 Å².